The number of hydrogen-bond acceptors (Lipinski definition) is 3. The lowest BCUT2D eigenvalue weighted by atomic mass is 10.1. The Morgan fingerprint density at radius 2 is 1.94 bits per heavy atom. The summed E-state index contributed by atoms with van der Waals surface area (Å²) in [4.78, 5) is 12.6. The number of nitriles is 1. The Bertz CT molecular complexity index is 1200. The van der Waals surface area contributed by atoms with Crippen LogP contribution >= 0.6 is 39.1 Å². The Kier molecular flexibility index (Phi) is 7.75. The van der Waals surface area contributed by atoms with Gasteiger partial charge in [-0.3, -0.25) is 4.79 Å². The maximum Gasteiger partial charge on any atom is 0.266 e. The number of benzene rings is 3. The fourth-order valence-corrected chi connectivity index (χ4v) is 3.48. The van der Waals surface area contributed by atoms with Crippen LogP contribution in [-0.4, -0.2) is 5.91 Å². The summed E-state index contributed by atoms with van der Waals surface area (Å²) in [7, 11) is 0. The van der Waals surface area contributed by atoms with Gasteiger partial charge in [-0.25, -0.2) is 0 Å². The number of nitrogens with zero attached hydrogens (tertiary/aromatic N) is 1. The Labute approximate surface area is 199 Å². The Hall–Kier alpha value is -2.78. The van der Waals surface area contributed by atoms with Gasteiger partial charge in [0.2, 0.25) is 0 Å². The smallest absolute Gasteiger partial charge is 0.266 e. The van der Waals surface area contributed by atoms with E-state index in [-0.39, 0.29) is 12.2 Å². The molecule has 156 valence electrons. The van der Waals surface area contributed by atoms with Crippen molar-refractivity contribution in [3.05, 3.63) is 97.4 Å². The van der Waals surface area contributed by atoms with Crippen LogP contribution in [0.25, 0.3) is 6.08 Å². The number of ether oxygens (including phenoxy) is 1. The summed E-state index contributed by atoms with van der Waals surface area (Å²) in [5.74, 6) is 0.0221. The SMILES string of the molecule is Cc1cccc(NC(=O)/C(C#N)=C/c2cc(Br)ccc2OCc2ccc(Cl)c(Cl)c2)c1. The first-order valence-electron chi connectivity index (χ1n) is 9.22. The number of hydrogen-bond donors (Lipinski definition) is 1. The molecule has 0 radical (unpaired) electrons. The first kappa shape index (κ1) is 22.9. The van der Waals surface area contributed by atoms with Gasteiger partial charge in [-0.1, -0.05) is 57.3 Å². The number of carbonyl (C=O) groups is 1. The fourth-order valence-electron chi connectivity index (χ4n) is 2.78. The van der Waals surface area contributed by atoms with Crippen molar-refractivity contribution in [3.63, 3.8) is 0 Å². The van der Waals surface area contributed by atoms with Gasteiger partial charge in [0.25, 0.3) is 5.91 Å². The van der Waals surface area contributed by atoms with Crippen LogP contribution < -0.4 is 10.1 Å². The molecule has 0 unspecified atom stereocenters. The van der Waals surface area contributed by atoms with Crippen molar-refractivity contribution in [2.75, 3.05) is 5.32 Å². The van der Waals surface area contributed by atoms with Crippen molar-refractivity contribution in [1.82, 2.24) is 0 Å². The number of rotatable bonds is 6. The van der Waals surface area contributed by atoms with Crippen molar-refractivity contribution < 1.29 is 9.53 Å². The van der Waals surface area contributed by atoms with Crippen LogP contribution in [0.2, 0.25) is 10.0 Å². The highest BCUT2D eigenvalue weighted by Crippen LogP contribution is 2.28. The van der Waals surface area contributed by atoms with Crippen LogP contribution in [0.1, 0.15) is 16.7 Å². The third-order valence-electron chi connectivity index (χ3n) is 4.29. The second-order valence-corrected chi connectivity index (χ2v) is 8.44. The number of aryl methyl sites for hydroxylation is 1. The highest BCUT2D eigenvalue weighted by atomic mass is 79.9. The van der Waals surface area contributed by atoms with E-state index in [4.69, 9.17) is 27.9 Å². The highest BCUT2D eigenvalue weighted by molar-refractivity contribution is 9.10. The number of nitrogens with one attached hydrogen (secondary N) is 1. The molecule has 31 heavy (non-hydrogen) atoms. The van der Waals surface area contributed by atoms with E-state index in [1.165, 1.54) is 6.08 Å². The van der Waals surface area contributed by atoms with Crippen molar-refractivity contribution in [3.8, 4) is 11.8 Å². The predicted octanol–water partition coefficient (Wildman–Crippen LogP) is 7.19. The molecule has 0 bridgehead atoms. The largest absolute Gasteiger partial charge is 0.488 e. The van der Waals surface area contributed by atoms with E-state index in [1.807, 2.05) is 43.3 Å². The molecule has 7 heteroatoms. The fraction of sp³-hybridized carbons (Fsp3) is 0.0833. The van der Waals surface area contributed by atoms with Gasteiger partial charge in [0.15, 0.2) is 0 Å². The van der Waals surface area contributed by atoms with Gasteiger partial charge in [0, 0.05) is 15.7 Å². The molecule has 0 saturated carbocycles. The molecule has 1 N–H and O–H groups in total. The number of amides is 1. The molecule has 3 rings (SSSR count). The quantitative estimate of drug-likeness (QED) is 0.279. The molecule has 3 aromatic rings. The minimum atomic E-state index is -0.497. The standard InChI is InChI=1S/C24H17BrCl2N2O2/c1-15-3-2-4-20(9-15)29-24(30)18(13-28)11-17-12-19(25)6-8-23(17)31-14-16-5-7-21(26)22(27)10-16/h2-12H,14H2,1H3,(H,29,30)/b18-11+. The molecule has 0 spiro atoms. The highest BCUT2D eigenvalue weighted by Gasteiger charge is 2.12. The number of carbonyl (C=O) groups excluding carboxylic acids is 1. The average Bonchev–Trinajstić information content (AvgIpc) is 2.73. The zero-order valence-corrected chi connectivity index (χ0v) is 19.6. The summed E-state index contributed by atoms with van der Waals surface area (Å²) in [6.45, 7) is 2.17. The van der Waals surface area contributed by atoms with Crippen LogP contribution in [0.3, 0.4) is 0 Å². The average molecular weight is 516 g/mol. The summed E-state index contributed by atoms with van der Waals surface area (Å²) in [6.07, 6.45) is 1.50. The third-order valence-corrected chi connectivity index (χ3v) is 5.52. The lowest BCUT2D eigenvalue weighted by molar-refractivity contribution is -0.112. The molecule has 4 nitrogen and oxygen atoms in total. The van der Waals surface area contributed by atoms with Gasteiger partial charge in [0.05, 0.1) is 10.0 Å². The summed E-state index contributed by atoms with van der Waals surface area (Å²) in [5.41, 5.74) is 3.01. The van der Waals surface area contributed by atoms with Gasteiger partial charge in [-0.05, 0) is 66.6 Å². The normalized spacial score (nSPS) is 11.0. The molecular weight excluding hydrogens is 499 g/mol. The van der Waals surface area contributed by atoms with Crippen LogP contribution in [0.4, 0.5) is 5.69 Å². The molecule has 0 heterocycles. The minimum Gasteiger partial charge on any atom is -0.488 e. The molecule has 0 fully saturated rings. The van der Waals surface area contributed by atoms with Gasteiger partial charge in [-0.15, -0.1) is 0 Å². The van der Waals surface area contributed by atoms with E-state index in [9.17, 15) is 10.1 Å². The summed E-state index contributed by atoms with van der Waals surface area (Å²) >= 11 is 15.4. The van der Waals surface area contributed by atoms with Crippen LogP contribution in [-0.2, 0) is 11.4 Å². The molecule has 0 aliphatic carbocycles. The Balaban J connectivity index is 1.83. The summed E-state index contributed by atoms with van der Waals surface area (Å²) in [5, 5.41) is 13.2. The van der Waals surface area contributed by atoms with E-state index >= 15 is 0 Å². The maximum atomic E-state index is 12.6. The lowest BCUT2D eigenvalue weighted by Crippen LogP contribution is -2.13. The minimum absolute atomic E-state index is 0.0426. The zero-order chi connectivity index (χ0) is 22.4. The molecule has 0 aromatic heterocycles. The first-order valence-corrected chi connectivity index (χ1v) is 10.8. The van der Waals surface area contributed by atoms with E-state index in [0.29, 0.717) is 27.0 Å². The summed E-state index contributed by atoms with van der Waals surface area (Å²) < 4.78 is 6.71. The van der Waals surface area contributed by atoms with Gasteiger partial charge < -0.3 is 10.1 Å². The lowest BCUT2D eigenvalue weighted by Gasteiger charge is -2.11. The van der Waals surface area contributed by atoms with Crippen LogP contribution in [0.5, 0.6) is 5.75 Å². The topological polar surface area (TPSA) is 62.1 Å². The number of anilines is 1. The second kappa shape index (κ2) is 10.5. The molecule has 0 saturated heterocycles. The molecule has 0 aliphatic heterocycles. The molecule has 3 aromatic carbocycles. The monoisotopic (exact) mass is 514 g/mol. The third kappa shape index (κ3) is 6.35. The van der Waals surface area contributed by atoms with Gasteiger partial charge in [0.1, 0.15) is 24.0 Å². The Morgan fingerprint density at radius 1 is 1.13 bits per heavy atom. The summed E-state index contributed by atoms with van der Waals surface area (Å²) in [6, 6.07) is 19.9. The van der Waals surface area contributed by atoms with Gasteiger partial charge >= 0.3 is 0 Å². The van der Waals surface area contributed by atoms with Crippen LogP contribution in [0.15, 0.2) is 70.7 Å². The van der Waals surface area contributed by atoms with Crippen molar-refractivity contribution in [1.29, 1.82) is 5.26 Å². The molecular formula is C24H17BrCl2N2O2. The van der Waals surface area contributed by atoms with Crippen LogP contribution in [0, 0.1) is 18.3 Å². The predicted molar refractivity (Wildman–Crippen MR) is 128 cm³/mol. The van der Waals surface area contributed by atoms with E-state index in [0.717, 1.165) is 15.6 Å². The van der Waals surface area contributed by atoms with Crippen molar-refractivity contribution >= 4 is 56.8 Å². The first-order chi connectivity index (χ1) is 14.9. The van der Waals surface area contributed by atoms with E-state index in [1.54, 1.807) is 30.3 Å². The van der Waals surface area contributed by atoms with E-state index < -0.39 is 5.91 Å². The molecule has 0 aliphatic rings. The van der Waals surface area contributed by atoms with Gasteiger partial charge in [-0.2, -0.15) is 5.26 Å². The Morgan fingerprint density at radius 3 is 2.65 bits per heavy atom. The maximum absolute atomic E-state index is 12.6. The van der Waals surface area contributed by atoms with Crippen molar-refractivity contribution in [2.45, 2.75) is 13.5 Å². The number of halogens is 3. The zero-order valence-electron chi connectivity index (χ0n) is 16.5. The second-order valence-electron chi connectivity index (χ2n) is 6.71. The van der Waals surface area contributed by atoms with E-state index in [2.05, 4.69) is 21.2 Å². The molecule has 0 atom stereocenters. The van der Waals surface area contributed by atoms with Crippen molar-refractivity contribution in [2.24, 2.45) is 0 Å². The molecule has 1 amide bonds.